The maximum atomic E-state index is 12.9. The lowest BCUT2D eigenvalue weighted by Crippen LogP contribution is -2.55. The SMILES string of the molecule is C=N/C(=C\C=NCC)Nc1cc(-c2cnc(C)c(C(=O)N3CC(C)(C)C3)c2)ccn1. The van der Waals surface area contributed by atoms with E-state index < -0.39 is 0 Å². The van der Waals surface area contributed by atoms with Crippen molar-refractivity contribution in [3.63, 3.8) is 0 Å². The van der Waals surface area contributed by atoms with E-state index >= 15 is 0 Å². The molecule has 7 nitrogen and oxygen atoms in total. The van der Waals surface area contributed by atoms with Gasteiger partial charge in [-0.3, -0.25) is 14.8 Å². The van der Waals surface area contributed by atoms with Crippen LogP contribution in [0.3, 0.4) is 0 Å². The molecule has 0 saturated carbocycles. The molecule has 2 aromatic rings. The second-order valence-electron chi connectivity index (χ2n) is 8.10. The summed E-state index contributed by atoms with van der Waals surface area (Å²) in [5.74, 6) is 1.20. The summed E-state index contributed by atoms with van der Waals surface area (Å²) in [7, 11) is 0. The molecule has 1 aliphatic rings. The van der Waals surface area contributed by atoms with Crippen LogP contribution in [0.2, 0.25) is 0 Å². The number of hydrogen-bond donors (Lipinski definition) is 1. The quantitative estimate of drug-likeness (QED) is 0.708. The molecule has 0 atom stereocenters. The second kappa shape index (κ2) is 8.98. The number of aliphatic imine (C=N–C) groups is 2. The summed E-state index contributed by atoms with van der Waals surface area (Å²) in [4.78, 5) is 31.7. The number of pyridine rings is 2. The van der Waals surface area contributed by atoms with Crippen molar-refractivity contribution in [1.82, 2.24) is 14.9 Å². The van der Waals surface area contributed by atoms with Gasteiger partial charge in [0.25, 0.3) is 5.91 Å². The minimum atomic E-state index is 0.0323. The number of aromatic nitrogens is 2. The first kappa shape index (κ1) is 21.4. The number of anilines is 1. The van der Waals surface area contributed by atoms with Crippen molar-refractivity contribution in [2.24, 2.45) is 15.4 Å². The van der Waals surface area contributed by atoms with Crippen LogP contribution in [-0.4, -0.2) is 53.3 Å². The Balaban J connectivity index is 1.83. The molecule has 0 radical (unpaired) electrons. The fourth-order valence-electron chi connectivity index (χ4n) is 3.38. The van der Waals surface area contributed by atoms with Crippen LogP contribution in [0.15, 0.2) is 52.5 Å². The summed E-state index contributed by atoms with van der Waals surface area (Å²) in [5, 5.41) is 3.13. The van der Waals surface area contributed by atoms with Gasteiger partial charge in [-0.1, -0.05) is 13.8 Å². The maximum absolute atomic E-state index is 12.9. The van der Waals surface area contributed by atoms with Gasteiger partial charge in [0.05, 0.1) is 11.3 Å². The van der Waals surface area contributed by atoms with Gasteiger partial charge in [0.1, 0.15) is 11.6 Å². The third-order valence-corrected chi connectivity index (χ3v) is 4.88. The van der Waals surface area contributed by atoms with E-state index in [9.17, 15) is 4.79 Å². The second-order valence-corrected chi connectivity index (χ2v) is 8.10. The third kappa shape index (κ3) is 4.97. The first-order chi connectivity index (χ1) is 14.3. The van der Waals surface area contributed by atoms with Gasteiger partial charge < -0.3 is 10.2 Å². The lowest BCUT2D eigenvalue weighted by molar-refractivity contribution is 0.0235. The van der Waals surface area contributed by atoms with Crippen LogP contribution in [0.5, 0.6) is 0 Å². The molecule has 156 valence electrons. The molecule has 1 saturated heterocycles. The number of aryl methyl sites for hydroxylation is 1. The van der Waals surface area contributed by atoms with Crippen LogP contribution in [0.25, 0.3) is 11.1 Å². The molecule has 0 aromatic carbocycles. The van der Waals surface area contributed by atoms with Gasteiger partial charge in [0, 0.05) is 43.8 Å². The van der Waals surface area contributed by atoms with E-state index in [1.54, 1.807) is 24.7 Å². The summed E-state index contributed by atoms with van der Waals surface area (Å²) in [6.45, 7) is 14.0. The van der Waals surface area contributed by atoms with Crippen LogP contribution in [0.4, 0.5) is 5.82 Å². The first-order valence-electron chi connectivity index (χ1n) is 9.99. The molecule has 7 heteroatoms. The number of amides is 1. The summed E-state index contributed by atoms with van der Waals surface area (Å²) >= 11 is 0. The van der Waals surface area contributed by atoms with Crippen LogP contribution in [0.1, 0.15) is 36.8 Å². The van der Waals surface area contributed by atoms with Crippen molar-refractivity contribution in [3.05, 3.63) is 53.7 Å². The molecule has 1 N–H and O–H groups in total. The van der Waals surface area contributed by atoms with Crippen molar-refractivity contribution < 1.29 is 4.79 Å². The number of allylic oxidation sites excluding steroid dienone is 1. The van der Waals surface area contributed by atoms with E-state index in [2.05, 4.69) is 45.8 Å². The molecule has 3 rings (SSSR count). The topological polar surface area (TPSA) is 82.8 Å². The average Bonchev–Trinajstić information content (AvgIpc) is 2.71. The zero-order valence-electron chi connectivity index (χ0n) is 18.0. The van der Waals surface area contributed by atoms with Gasteiger partial charge >= 0.3 is 0 Å². The Morgan fingerprint density at radius 1 is 1.30 bits per heavy atom. The first-order valence-corrected chi connectivity index (χ1v) is 9.99. The van der Waals surface area contributed by atoms with E-state index in [0.717, 1.165) is 29.9 Å². The van der Waals surface area contributed by atoms with Crippen LogP contribution < -0.4 is 5.32 Å². The van der Waals surface area contributed by atoms with Gasteiger partial charge in [-0.25, -0.2) is 9.98 Å². The number of hydrogen-bond acceptors (Lipinski definition) is 6. The molecule has 1 fully saturated rings. The molecule has 3 heterocycles. The van der Waals surface area contributed by atoms with Gasteiger partial charge in [0.2, 0.25) is 0 Å². The lowest BCUT2D eigenvalue weighted by Gasteiger charge is -2.45. The Morgan fingerprint density at radius 3 is 2.73 bits per heavy atom. The number of likely N-dealkylation sites (tertiary alicyclic amines) is 1. The predicted octanol–water partition coefficient (Wildman–Crippen LogP) is 3.98. The molecule has 0 unspecified atom stereocenters. The van der Waals surface area contributed by atoms with Crippen LogP contribution >= 0.6 is 0 Å². The Hall–Kier alpha value is -3.35. The normalized spacial score (nSPS) is 15.7. The fourth-order valence-corrected chi connectivity index (χ4v) is 3.38. The van der Waals surface area contributed by atoms with E-state index in [1.807, 2.05) is 36.9 Å². The highest BCUT2D eigenvalue weighted by atomic mass is 16.2. The smallest absolute Gasteiger partial charge is 0.255 e. The van der Waals surface area contributed by atoms with E-state index in [-0.39, 0.29) is 11.3 Å². The highest BCUT2D eigenvalue weighted by molar-refractivity contribution is 5.97. The Morgan fingerprint density at radius 2 is 2.07 bits per heavy atom. The highest BCUT2D eigenvalue weighted by Gasteiger charge is 2.38. The molecule has 30 heavy (non-hydrogen) atoms. The number of nitrogens with zero attached hydrogens (tertiary/aromatic N) is 5. The monoisotopic (exact) mass is 404 g/mol. The molecular formula is C23H28N6O. The van der Waals surface area contributed by atoms with E-state index in [0.29, 0.717) is 23.7 Å². The van der Waals surface area contributed by atoms with E-state index in [1.165, 1.54) is 0 Å². The number of rotatable bonds is 7. The van der Waals surface area contributed by atoms with Gasteiger partial charge in [-0.15, -0.1) is 0 Å². The lowest BCUT2D eigenvalue weighted by atomic mass is 9.84. The van der Waals surface area contributed by atoms with Gasteiger partial charge in [-0.2, -0.15) is 0 Å². The fraction of sp³-hybridized carbons (Fsp3) is 0.348. The van der Waals surface area contributed by atoms with Crippen molar-refractivity contribution in [2.45, 2.75) is 27.7 Å². The number of nitrogens with one attached hydrogen (secondary N) is 1. The molecule has 0 spiro atoms. The van der Waals surface area contributed by atoms with Crippen molar-refractivity contribution in [2.75, 3.05) is 25.0 Å². The number of carbonyl (C=O) groups excluding carboxylic acids is 1. The molecule has 0 bridgehead atoms. The summed E-state index contributed by atoms with van der Waals surface area (Å²) in [6, 6.07) is 5.69. The molecule has 1 aliphatic heterocycles. The number of carbonyl (C=O) groups is 1. The minimum Gasteiger partial charge on any atom is -0.337 e. The largest absolute Gasteiger partial charge is 0.337 e. The molecule has 2 aromatic heterocycles. The third-order valence-electron chi connectivity index (χ3n) is 4.88. The predicted molar refractivity (Wildman–Crippen MR) is 122 cm³/mol. The zero-order valence-corrected chi connectivity index (χ0v) is 18.0. The van der Waals surface area contributed by atoms with Gasteiger partial charge in [0.15, 0.2) is 0 Å². The Kier molecular flexibility index (Phi) is 6.40. The molecule has 0 aliphatic carbocycles. The van der Waals surface area contributed by atoms with Crippen LogP contribution in [0, 0.1) is 12.3 Å². The van der Waals surface area contributed by atoms with Gasteiger partial charge in [-0.05, 0) is 55.8 Å². The highest BCUT2D eigenvalue weighted by Crippen LogP contribution is 2.31. The zero-order chi connectivity index (χ0) is 21.7. The van der Waals surface area contributed by atoms with Crippen molar-refractivity contribution in [1.29, 1.82) is 0 Å². The summed E-state index contributed by atoms with van der Waals surface area (Å²) < 4.78 is 0. The Labute approximate surface area is 177 Å². The standard InChI is InChI=1S/C23H28N6O/c1-6-25-9-8-20(24-5)28-21-12-17(7-10-26-21)18-11-19(16(2)27-13-18)22(30)29-14-23(3,4)15-29/h7-13H,5-6,14-15H2,1-4H3,(H,26,28)/b20-8+,25-9?. The molecular weight excluding hydrogens is 376 g/mol. The van der Waals surface area contributed by atoms with E-state index in [4.69, 9.17) is 0 Å². The van der Waals surface area contributed by atoms with Crippen molar-refractivity contribution in [3.8, 4) is 11.1 Å². The summed E-state index contributed by atoms with van der Waals surface area (Å²) in [5.41, 5.74) is 3.32. The minimum absolute atomic E-state index is 0.0323. The summed E-state index contributed by atoms with van der Waals surface area (Å²) in [6.07, 6.45) is 6.91. The maximum Gasteiger partial charge on any atom is 0.255 e. The van der Waals surface area contributed by atoms with Crippen LogP contribution in [-0.2, 0) is 0 Å². The van der Waals surface area contributed by atoms with Crippen molar-refractivity contribution >= 4 is 24.7 Å². The Bertz CT molecular complexity index is 1000. The average molecular weight is 405 g/mol. The molecule has 1 amide bonds.